The number of hydrogen-bond donors (Lipinski definition) is 1. The van der Waals surface area contributed by atoms with E-state index in [4.69, 9.17) is 0 Å². The van der Waals surface area contributed by atoms with Gasteiger partial charge in [0.25, 0.3) is 0 Å². The molecule has 1 aromatic carbocycles. The van der Waals surface area contributed by atoms with Crippen molar-refractivity contribution in [2.24, 2.45) is 5.92 Å². The lowest BCUT2D eigenvalue weighted by Crippen LogP contribution is -2.30. The molecule has 0 saturated carbocycles. The number of nitrogens with one attached hydrogen (secondary N) is 1. The van der Waals surface area contributed by atoms with Gasteiger partial charge in [-0.3, -0.25) is 0 Å². The van der Waals surface area contributed by atoms with Crippen LogP contribution < -0.4 is 5.32 Å². The number of rotatable bonds is 5. The summed E-state index contributed by atoms with van der Waals surface area (Å²) >= 11 is 0. The summed E-state index contributed by atoms with van der Waals surface area (Å²) in [7, 11) is 0. The lowest BCUT2D eigenvalue weighted by Gasteiger charge is -2.24. The maximum absolute atomic E-state index is 3.53. The Morgan fingerprint density at radius 3 is 2.29 bits per heavy atom. The number of aryl methyl sites for hydroxylation is 1. The van der Waals surface area contributed by atoms with E-state index < -0.39 is 0 Å². The lowest BCUT2D eigenvalue weighted by molar-refractivity contribution is 0.425. The molecular formula is C16H27N. The van der Waals surface area contributed by atoms with E-state index in [9.17, 15) is 0 Å². The normalized spacial score (nSPS) is 15.0. The molecule has 17 heavy (non-hydrogen) atoms. The van der Waals surface area contributed by atoms with Crippen LogP contribution in [0.3, 0.4) is 0 Å². The molecule has 1 N–H and O–H groups in total. The Kier molecular flexibility index (Phi) is 5.20. The Morgan fingerprint density at radius 2 is 1.71 bits per heavy atom. The SMILES string of the molecule is Cc1cccc(C(C)C(C)CNC(C)C)c1C. The maximum atomic E-state index is 3.53. The third-order valence-electron chi connectivity index (χ3n) is 3.84. The molecule has 0 heterocycles. The van der Waals surface area contributed by atoms with Crippen molar-refractivity contribution in [3.8, 4) is 0 Å². The molecule has 0 bridgehead atoms. The highest BCUT2D eigenvalue weighted by molar-refractivity contribution is 5.35. The molecule has 1 rings (SSSR count). The standard InChI is InChI=1S/C16H27N/c1-11(2)17-10-13(4)15(6)16-9-7-8-12(3)14(16)5/h7-9,11,13,15,17H,10H2,1-6H3. The number of benzene rings is 1. The van der Waals surface area contributed by atoms with Gasteiger partial charge in [0.15, 0.2) is 0 Å². The van der Waals surface area contributed by atoms with Gasteiger partial charge in [0.2, 0.25) is 0 Å². The molecule has 2 atom stereocenters. The van der Waals surface area contributed by atoms with Crippen LogP contribution in [0.25, 0.3) is 0 Å². The van der Waals surface area contributed by atoms with Crippen molar-refractivity contribution in [1.29, 1.82) is 0 Å². The quantitative estimate of drug-likeness (QED) is 0.809. The van der Waals surface area contributed by atoms with Gasteiger partial charge < -0.3 is 5.32 Å². The third kappa shape index (κ3) is 3.85. The molecule has 0 aliphatic heterocycles. The second-order valence-electron chi connectivity index (χ2n) is 5.62. The lowest BCUT2D eigenvalue weighted by atomic mass is 9.85. The van der Waals surface area contributed by atoms with Crippen LogP contribution in [-0.2, 0) is 0 Å². The summed E-state index contributed by atoms with van der Waals surface area (Å²) < 4.78 is 0. The van der Waals surface area contributed by atoms with Crippen molar-refractivity contribution in [1.82, 2.24) is 5.32 Å². The van der Waals surface area contributed by atoms with E-state index in [1.165, 1.54) is 16.7 Å². The molecule has 0 fully saturated rings. The summed E-state index contributed by atoms with van der Waals surface area (Å²) in [6, 6.07) is 7.22. The Hall–Kier alpha value is -0.820. The number of hydrogen-bond acceptors (Lipinski definition) is 1. The summed E-state index contributed by atoms with van der Waals surface area (Å²) in [5.74, 6) is 1.28. The second kappa shape index (κ2) is 6.20. The van der Waals surface area contributed by atoms with Gasteiger partial charge in [0, 0.05) is 6.04 Å². The molecule has 1 heteroatoms. The molecule has 96 valence electrons. The first-order valence-electron chi connectivity index (χ1n) is 6.73. The summed E-state index contributed by atoms with van der Waals surface area (Å²) in [5, 5.41) is 3.53. The van der Waals surface area contributed by atoms with E-state index in [-0.39, 0.29) is 0 Å². The van der Waals surface area contributed by atoms with E-state index in [1.54, 1.807) is 0 Å². The fourth-order valence-corrected chi connectivity index (χ4v) is 2.17. The Labute approximate surface area is 107 Å². The average molecular weight is 233 g/mol. The van der Waals surface area contributed by atoms with E-state index in [2.05, 4.69) is 65.1 Å². The zero-order valence-corrected chi connectivity index (χ0v) is 12.2. The van der Waals surface area contributed by atoms with Crippen LogP contribution in [0.5, 0.6) is 0 Å². The Balaban J connectivity index is 2.74. The van der Waals surface area contributed by atoms with Crippen molar-refractivity contribution < 1.29 is 0 Å². The summed E-state index contributed by atoms with van der Waals surface area (Å²) in [5.41, 5.74) is 4.36. The first kappa shape index (κ1) is 14.2. The molecule has 2 unspecified atom stereocenters. The average Bonchev–Trinajstić information content (AvgIpc) is 2.28. The molecule has 0 radical (unpaired) electrons. The van der Waals surface area contributed by atoms with Gasteiger partial charge in [-0.2, -0.15) is 0 Å². The first-order chi connectivity index (χ1) is 7.93. The van der Waals surface area contributed by atoms with E-state index in [1.807, 2.05) is 0 Å². The van der Waals surface area contributed by atoms with Crippen LogP contribution in [-0.4, -0.2) is 12.6 Å². The monoisotopic (exact) mass is 233 g/mol. The zero-order valence-electron chi connectivity index (χ0n) is 12.2. The van der Waals surface area contributed by atoms with Crippen molar-refractivity contribution >= 4 is 0 Å². The molecule has 0 aliphatic rings. The van der Waals surface area contributed by atoms with Crippen LogP contribution >= 0.6 is 0 Å². The van der Waals surface area contributed by atoms with Gasteiger partial charge in [-0.25, -0.2) is 0 Å². The summed E-state index contributed by atoms with van der Waals surface area (Å²) in [6.45, 7) is 14.6. The minimum atomic E-state index is 0.572. The summed E-state index contributed by atoms with van der Waals surface area (Å²) in [6.07, 6.45) is 0. The van der Waals surface area contributed by atoms with E-state index in [0.717, 1.165) is 6.54 Å². The topological polar surface area (TPSA) is 12.0 Å². The van der Waals surface area contributed by atoms with Gasteiger partial charge in [0.1, 0.15) is 0 Å². The van der Waals surface area contributed by atoms with Gasteiger partial charge in [-0.15, -0.1) is 0 Å². The molecule has 0 aromatic heterocycles. The minimum Gasteiger partial charge on any atom is -0.314 e. The van der Waals surface area contributed by atoms with Crippen LogP contribution in [0.15, 0.2) is 18.2 Å². The van der Waals surface area contributed by atoms with Crippen molar-refractivity contribution in [2.45, 2.75) is 53.5 Å². The molecule has 1 nitrogen and oxygen atoms in total. The Bertz CT molecular complexity index is 355. The van der Waals surface area contributed by atoms with Crippen LogP contribution in [0.2, 0.25) is 0 Å². The van der Waals surface area contributed by atoms with E-state index >= 15 is 0 Å². The van der Waals surface area contributed by atoms with Gasteiger partial charge in [0.05, 0.1) is 0 Å². The van der Waals surface area contributed by atoms with Crippen molar-refractivity contribution in [2.75, 3.05) is 6.54 Å². The predicted octanol–water partition coefficient (Wildman–Crippen LogP) is 4.04. The largest absolute Gasteiger partial charge is 0.314 e. The molecule has 0 amide bonds. The van der Waals surface area contributed by atoms with E-state index in [0.29, 0.717) is 17.9 Å². The van der Waals surface area contributed by atoms with Gasteiger partial charge >= 0.3 is 0 Å². The molecule has 0 saturated heterocycles. The van der Waals surface area contributed by atoms with Crippen LogP contribution in [0, 0.1) is 19.8 Å². The van der Waals surface area contributed by atoms with Gasteiger partial charge in [-0.1, -0.05) is 45.9 Å². The molecule has 1 aromatic rings. The third-order valence-corrected chi connectivity index (χ3v) is 3.84. The zero-order chi connectivity index (χ0) is 13.0. The minimum absolute atomic E-state index is 0.572. The highest BCUT2D eigenvalue weighted by Crippen LogP contribution is 2.27. The molecular weight excluding hydrogens is 206 g/mol. The van der Waals surface area contributed by atoms with Crippen molar-refractivity contribution in [3.63, 3.8) is 0 Å². The summed E-state index contributed by atoms with van der Waals surface area (Å²) in [4.78, 5) is 0. The van der Waals surface area contributed by atoms with Crippen molar-refractivity contribution in [3.05, 3.63) is 34.9 Å². The van der Waals surface area contributed by atoms with Crippen LogP contribution in [0.4, 0.5) is 0 Å². The highest BCUT2D eigenvalue weighted by Gasteiger charge is 2.16. The fraction of sp³-hybridized carbons (Fsp3) is 0.625. The highest BCUT2D eigenvalue weighted by atomic mass is 14.9. The van der Waals surface area contributed by atoms with Crippen LogP contribution in [0.1, 0.15) is 50.3 Å². The maximum Gasteiger partial charge on any atom is 0.00104 e. The fourth-order valence-electron chi connectivity index (χ4n) is 2.17. The van der Waals surface area contributed by atoms with Gasteiger partial charge in [-0.05, 0) is 48.9 Å². The second-order valence-corrected chi connectivity index (χ2v) is 5.62. The molecule has 0 spiro atoms. The first-order valence-corrected chi connectivity index (χ1v) is 6.73. The smallest absolute Gasteiger partial charge is 0.00104 e. The molecule has 0 aliphatic carbocycles. The Morgan fingerprint density at radius 1 is 1.06 bits per heavy atom. The predicted molar refractivity (Wildman–Crippen MR) is 76.6 cm³/mol.